The number of Topliss-reactive ketones (excluding diaryl/α,β-unsaturated/α-hetero) is 1. The molecule has 0 spiro atoms. The van der Waals surface area contributed by atoms with E-state index in [1.54, 1.807) is 18.2 Å². The molecule has 0 aliphatic carbocycles. The van der Waals surface area contributed by atoms with E-state index in [1.165, 1.54) is 19.1 Å². The summed E-state index contributed by atoms with van der Waals surface area (Å²) in [6.07, 6.45) is 0. The number of nitrogens with one attached hydrogen (secondary N) is 1. The molecule has 0 atom stereocenters. The van der Waals surface area contributed by atoms with E-state index in [4.69, 9.17) is 9.47 Å². The molecule has 136 valence electrons. The molecule has 2 aromatic carbocycles. The van der Waals surface area contributed by atoms with Crippen LogP contribution in [-0.4, -0.2) is 30.9 Å². The second kappa shape index (κ2) is 8.75. The van der Waals surface area contributed by atoms with Gasteiger partial charge in [0, 0.05) is 12.6 Å². The second-order valence-electron chi connectivity index (χ2n) is 5.56. The number of benzene rings is 2. The first-order valence-electron chi connectivity index (χ1n) is 7.80. The molecule has 0 saturated carbocycles. The second-order valence-corrected chi connectivity index (χ2v) is 5.56. The van der Waals surface area contributed by atoms with Gasteiger partial charge in [-0.15, -0.1) is 0 Å². The summed E-state index contributed by atoms with van der Waals surface area (Å²) in [6, 6.07) is 10.8. The molecule has 0 fully saturated rings. The molecule has 0 heterocycles. The van der Waals surface area contributed by atoms with Crippen LogP contribution in [0.25, 0.3) is 0 Å². The minimum atomic E-state index is -0.812. The number of esters is 1. The summed E-state index contributed by atoms with van der Waals surface area (Å²) >= 11 is 0. The Hall–Kier alpha value is -3.22. The number of anilines is 1. The van der Waals surface area contributed by atoms with E-state index in [-0.39, 0.29) is 23.8 Å². The van der Waals surface area contributed by atoms with Crippen LogP contribution < -0.4 is 10.1 Å². The Bertz CT molecular complexity index is 834. The first-order chi connectivity index (χ1) is 12.3. The highest BCUT2D eigenvalue weighted by Gasteiger charge is 2.15. The molecule has 26 heavy (non-hydrogen) atoms. The van der Waals surface area contributed by atoms with Gasteiger partial charge in [0.15, 0.2) is 13.2 Å². The van der Waals surface area contributed by atoms with E-state index in [1.807, 2.05) is 13.0 Å². The number of rotatable bonds is 7. The summed E-state index contributed by atoms with van der Waals surface area (Å²) in [5.41, 5.74) is 0.978. The number of amides is 1. The Morgan fingerprint density at radius 3 is 2.50 bits per heavy atom. The van der Waals surface area contributed by atoms with Crippen molar-refractivity contribution in [1.82, 2.24) is 0 Å². The molecular formula is C19H18FNO5. The molecular weight excluding hydrogens is 341 g/mol. The molecule has 0 bridgehead atoms. The van der Waals surface area contributed by atoms with Gasteiger partial charge in [0.1, 0.15) is 11.6 Å². The Morgan fingerprint density at radius 1 is 1.08 bits per heavy atom. The van der Waals surface area contributed by atoms with E-state index >= 15 is 0 Å². The third-order valence-electron chi connectivity index (χ3n) is 3.30. The van der Waals surface area contributed by atoms with Crippen molar-refractivity contribution in [3.05, 3.63) is 59.4 Å². The van der Waals surface area contributed by atoms with Gasteiger partial charge in [-0.25, -0.2) is 9.18 Å². The molecule has 0 aliphatic rings. The van der Waals surface area contributed by atoms with Crippen LogP contribution in [-0.2, 0) is 14.3 Å². The van der Waals surface area contributed by atoms with E-state index in [0.29, 0.717) is 5.75 Å². The number of halogens is 1. The lowest BCUT2D eigenvalue weighted by molar-refractivity contribution is -0.144. The van der Waals surface area contributed by atoms with E-state index < -0.39 is 24.2 Å². The molecule has 0 saturated heterocycles. The fourth-order valence-corrected chi connectivity index (χ4v) is 2.14. The molecule has 0 unspecified atom stereocenters. The lowest BCUT2D eigenvalue weighted by Crippen LogP contribution is -2.20. The Morgan fingerprint density at radius 2 is 1.85 bits per heavy atom. The zero-order chi connectivity index (χ0) is 19.1. The van der Waals surface area contributed by atoms with Gasteiger partial charge in [-0.1, -0.05) is 12.1 Å². The standard InChI is InChI=1S/C19H18FNO5/c1-12-4-3-5-15(8-12)25-11-19(24)26-10-18(23)16-7-6-14(9-17(16)20)21-13(2)22/h3-9H,10-11H2,1-2H3,(H,21,22). The largest absolute Gasteiger partial charge is 0.482 e. The van der Waals surface area contributed by atoms with E-state index in [0.717, 1.165) is 11.6 Å². The third-order valence-corrected chi connectivity index (χ3v) is 3.30. The minimum Gasteiger partial charge on any atom is -0.482 e. The number of hydrogen-bond acceptors (Lipinski definition) is 5. The van der Waals surface area contributed by atoms with Crippen molar-refractivity contribution in [1.29, 1.82) is 0 Å². The van der Waals surface area contributed by atoms with Crippen molar-refractivity contribution in [2.24, 2.45) is 0 Å². The van der Waals surface area contributed by atoms with Crippen LogP contribution in [0.2, 0.25) is 0 Å². The highest BCUT2D eigenvalue weighted by Crippen LogP contribution is 2.16. The first-order valence-corrected chi connectivity index (χ1v) is 7.80. The lowest BCUT2D eigenvalue weighted by Gasteiger charge is -2.08. The van der Waals surface area contributed by atoms with Gasteiger partial charge < -0.3 is 14.8 Å². The van der Waals surface area contributed by atoms with Gasteiger partial charge in [0.05, 0.1) is 5.56 Å². The number of carbonyl (C=O) groups excluding carboxylic acids is 3. The summed E-state index contributed by atoms with van der Waals surface area (Å²) in [4.78, 5) is 34.6. The Balaban J connectivity index is 1.85. The molecule has 7 heteroatoms. The summed E-state index contributed by atoms with van der Waals surface area (Å²) in [7, 11) is 0. The van der Waals surface area contributed by atoms with Crippen LogP contribution in [0.15, 0.2) is 42.5 Å². The first kappa shape index (κ1) is 19.1. The monoisotopic (exact) mass is 359 g/mol. The molecule has 1 amide bonds. The van der Waals surface area contributed by atoms with Crippen LogP contribution in [0.1, 0.15) is 22.8 Å². The number of ether oxygens (including phenoxy) is 2. The molecule has 2 rings (SSSR count). The zero-order valence-electron chi connectivity index (χ0n) is 14.4. The summed E-state index contributed by atoms with van der Waals surface area (Å²) in [6.45, 7) is 2.21. The van der Waals surface area contributed by atoms with Crippen molar-refractivity contribution < 1.29 is 28.2 Å². The van der Waals surface area contributed by atoms with Gasteiger partial charge in [0.2, 0.25) is 11.7 Å². The van der Waals surface area contributed by atoms with Gasteiger partial charge in [-0.3, -0.25) is 9.59 Å². The van der Waals surface area contributed by atoms with Crippen molar-refractivity contribution >= 4 is 23.3 Å². The average molecular weight is 359 g/mol. The normalized spacial score (nSPS) is 10.1. The van der Waals surface area contributed by atoms with Crippen LogP contribution in [0, 0.1) is 12.7 Å². The predicted octanol–water partition coefficient (Wildman–Crippen LogP) is 2.90. The molecule has 0 aromatic heterocycles. The maximum atomic E-state index is 13.9. The quantitative estimate of drug-likeness (QED) is 0.607. The van der Waals surface area contributed by atoms with Gasteiger partial charge >= 0.3 is 5.97 Å². The van der Waals surface area contributed by atoms with Crippen LogP contribution in [0.5, 0.6) is 5.75 Å². The highest BCUT2D eigenvalue weighted by molar-refractivity contribution is 5.99. The fourth-order valence-electron chi connectivity index (χ4n) is 2.14. The van der Waals surface area contributed by atoms with Crippen LogP contribution >= 0.6 is 0 Å². The molecule has 6 nitrogen and oxygen atoms in total. The molecule has 0 aliphatic heterocycles. The maximum Gasteiger partial charge on any atom is 0.344 e. The predicted molar refractivity (Wildman–Crippen MR) is 92.7 cm³/mol. The third kappa shape index (κ3) is 5.70. The fraction of sp³-hybridized carbons (Fsp3) is 0.211. The SMILES string of the molecule is CC(=O)Nc1ccc(C(=O)COC(=O)COc2cccc(C)c2)c(F)c1. The average Bonchev–Trinajstić information content (AvgIpc) is 2.57. The number of hydrogen-bond donors (Lipinski definition) is 1. The topological polar surface area (TPSA) is 81.7 Å². The Labute approximate surface area is 149 Å². The number of carbonyl (C=O) groups is 3. The molecule has 2 aromatic rings. The summed E-state index contributed by atoms with van der Waals surface area (Å²) < 4.78 is 24.0. The lowest BCUT2D eigenvalue weighted by atomic mass is 10.1. The van der Waals surface area contributed by atoms with Crippen molar-refractivity contribution in [3.8, 4) is 5.75 Å². The van der Waals surface area contributed by atoms with Crippen LogP contribution in [0.3, 0.4) is 0 Å². The van der Waals surface area contributed by atoms with Crippen molar-refractivity contribution in [3.63, 3.8) is 0 Å². The molecule has 0 radical (unpaired) electrons. The van der Waals surface area contributed by atoms with Crippen molar-refractivity contribution in [2.45, 2.75) is 13.8 Å². The number of ketones is 1. The van der Waals surface area contributed by atoms with Crippen LogP contribution in [0.4, 0.5) is 10.1 Å². The Kier molecular flexibility index (Phi) is 6.43. The van der Waals surface area contributed by atoms with Gasteiger partial charge in [-0.05, 0) is 42.8 Å². The maximum absolute atomic E-state index is 13.9. The number of aryl methyl sites for hydroxylation is 1. The summed E-state index contributed by atoms with van der Waals surface area (Å²) in [5.74, 6) is -2.09. The molecule has 1 N–H and O–H groups in total. The van der Waals surface area contributed by atoms with Gasteiger partial charge in [-0.2, -0.15) is 0 Å². The summed E-state index contributed by atoms with van der Waals surface area (Å²) in [5, 5.41) is 2.41. The van der Waals surface area contributed by atoms with E-state index in [9.17, 15) is 18.8 Å². The van der Waals surface area contributed by atoms with E-state index in [2.05, 4.69) is 5.32 Å². The zero-order valence-corrected chi connectivity index (χ0v) is 14.4. The smallest absolute Gasteiger partial charge is 0.344 e. The highest BCUT2D eigenvalue weighted by atomic mass is 19.1. The van der Waals surface area contributed by atoms with Crippen molar-refractivity contribution in [2.75, 3.05) is 18.5 Å². The minimum absolute atomic E-state index is 0.230. The van der Waals surface area contributed by atoms with Gasteiger partial charge in [0.25, 0.3) is 0 Å².